The molecule has 6 nitrogen and oxygen atoms in total. The molecule has 0 radical (unpaired) electrons. The number of nitrogens with zero attached hydrogens (tertiary/aromatic N) is 1. The molecule has 0 saturated carbocycles. The van der Waals surface area contributed by atoms with Gasteiger partial charge >= 0.3 is 12.1 Å². The zero-order valence-corrected chi connectivity index (χ0v) is 14.5. The number of carbonyl (C=O) groups is 2. The van der Waals surface area contributed by atoms with Crippen LogP contribution in [-0.4, -0.2) is 22.2 Å². The van der Waals surface area contributed by atoms with Crippen molar-refractivity contribution in [1.82, 2.24) is 4.98 Å². The van der Waals surface area contributed by atoms with E-state index in [1.54, 1.807) is 0 Å². The zero-order chi connectivity index (χ0) is 18.4. The lowest BCUT2D eigenvalue weighted by Gasteiger charge is -2.04. The van der Waals surface area contributed by atoms with Crippen LogP contribution in [-0.2, 0) is 17.8 Å². The van der Waals surface area contributed by atoms with E-state index in [9.17, 15) is 14.7 Å². The number of anilines is 1. The standard InChI is InChI=1S/C19H16N2O4S/c22-17(23)16-15(11-13-7-3-1-4-8-13)26-18(20-16)21-19(24)25-12-14-9-5-2-6-10-14/h1-10H,11-12H2,(H,22,23)(H,20,21,24). The number of amides is 1. The van der Waals surface area contributed by atoms with Crippen molar-refractivity contribution in [3.05, 3.63) is 82.4 Å². The van der Waals surface area contributed by atoms with Crippen molar-refractivity contribution >= 4 is 28.5 Å². The quantitative estimate of drug-likeness (QED) is 0.681. The van der Waals surface area contributed by atoms with Crippen molar-refractivity contribution in [1.29, 1.82) is 0 Å². The summed E-state index contributed by atoms with van der Waals surface area (Å²) in [5, 5.41) is 12.0. The van der Waals surface area contributed by atoms with E-state index in [0.717, 1.165) is 22.5 Å². The molecule has 26 heavy (non-hydrogen) atoms. The highest BCUT2D eigenvalue weighted by Gasteiger charge is 2.19. The van der Waals surface area contributed by atoms with Crippen molar-refractivity contribution < 1.29 is 19.4 Å². The lowest BCUT2D eigenvalue weighted by Crippen LogP contribution is -2.13. The molecule has 3 aromatic rings. The van der Waals surface area contributed by atoms with Gasteiger partial charge in [-0.2, -0.15) is 0 Å². The van der Waals surface area contributed by atoms with Gasteiger partial charge in [-0.25, -0.2) is 14.6 Å². The molecule has 1 aromatic heterocycles. The smallest absolute Gasteiger partial charge is 0.413 e. The average Bonchev–Trinajstić information content (AvgIpc) is 3.04. The van der Waals surface area contributed by atoms with Crippen LogP contribution in [0.25, 0.3) is 0 Å². The maximum Gasteiger partial charge on any atom is 0.413 e. The highest BCUT2D eigenvalue weighted by molar-refractivity contribution is 7.16. The summed E-state index contributed by atoms with van der Waals surface area (Å²) in [6.07, 6.45) is -0.244. The van der Waals surface area contributed by atoms with Gasteiger partial charge in [-0.1, -0.05) is 60.7 Å². The lowest BCUT2D eigenvalue weighted by molar-refractivity contribution is 0.0690. The molecule has 0 aliphatic rings. The fourth-order valence-electron chi connectivity index (χ4n) is 2.32. The van der Waals surface area contributed by atoms with Gasteiger partial charge in [-0.3, -0.25) is 5.32 Å². The first-order valence-corrected chi connectivity index (χ1v) is 8.68. The number of aromatic carboxylic acids is 1. The lowest BCUT2D eigenvalue weighted by atomic mass is 10.1. The summed E-state index contributed by atoms with van der Waals surface area (Å²) in [5.41, 5.74) is 1.77. The highest BCUT2D eigenvalue weighted by Crippen LogP contribution is 2.26. The van der Waals surface area contributed by atoms with Crippen LogP contribution >= 0.6 is 11.3 Å². The van der Waals surface area contributed by atoms with Gasteiger partial charge in [0.2, 0.25) is 0 Å². The van der Waals surface area contributed by atoms with Crippen LogP contribution in [0.3, 0.4) is 0 Å². The van der Waals surface area contributed by atoms with Crippen molar-refractivity contribution in [2.45, 2.75) is 13.0 Å². The number of hydrogen-bond donors (Lipinski definition) is 2. The van der Waals surface area contributed by atoms with Gasteiger partial charge in [0, 0.05) is 11.3 Å². The van der Waals surface area contributed by atoms with Crippen LogP contribution < -0.4 is 5.32 Å². The summed E-state index contributed by atoms with van der Waals surface area (Å²) in [7, 11) is 0. The minimum Gasteiger partial charge on any atom is -0.476 e. The molecule has 0 atom stereocenters. The Hall–Kier alpha value is -3.19. The van der Waals surface area contributed by atoms with Crippen molar-refractivity contribution in [2.24, 2.45) is 0 Å². The predicted molar refractivity (Wildman–Crippen MR) is 98.6 cm³/mol. The highest BCUT2D eigenvalue weighted by atomic mass is 32.1. The van der Waals surface area contributed by atoms with Gasteiger partial charge < -0.3 is 9.84 Å². The van der Waals surface area contributed by atoms with E-state index >= 15 is 0 Å². The summed E-state index contributed by atoms with van der Waals surface area (Å²) >= 11 is 1.13. The third kappa shape index (κ3) is 4.67. The number of carbonyl (C=O) groups excluding carboxylic acids is 1. The molecule has 0 aliphatic heterocycles. The molecule has 0 spiro atoms. The number of nitrogens with one attached hydrogen (secondary N) is 1. The number of aromatic nitrogens is 1. The molecule has 1 heterocycles. The van der Waals surface area contributed by atoms with Gasteiger partial charge in [0.05, 0.1) is 0 Å². The zero-order valence-electron chi connectivity index (χ0n) is 13.7. The van der Waals surface area contributed by atoms with E-state index in [1.165, 1.54) is 0 Å². The molecule has 0 aliphatic carbocycles. The van der Waals surface area contributed by atoms with E-state index < -0.39 is 12.1 Å². The molecular formula is C19H16N2O4S. The first-order chi connectivity index (χ1) is 12.6. The topological polar surface area (TPSA) is 88.5 Å². The maximum absolute atomic E-state index is 11.9. The van der Waals surface area contributed by atoms with Crippen LogP contribution in [0.4, 0.5) is 9.93 Å². The van der Waals surface area contributed by atoms with Crippen LogP contribution in [0.5, 0.6) is 0 Å². The van der Waals surface area contributed by atoms with Crippen LogP contribution in [0.2, 0.25) is 0 Å². The van der Waals surface area contributed by atoms with E-state index in [-0.39, 0.29) is 17.4 Å². The SMILES string of the molecule is O=C(Nc1nc(C(=O)O)c(Cc2ccccc2)s1)OCc1ccccc1. The van der Waals surface area contributed by atoms with Crippen molar-refractivity contribution in [3.63, 3.8) is 0 Å². The normalized spacial score (nSPS) is 10.3. The molecule has 0 unspecified atom stereocenters. The number of ether oxygens (including phenoxy) is 1. The molecule has 0 saturated heterocycles. The van der Waals surface area contributed by atoms with Gasteiger partial charge in [0.25, 0.3) is 0 Å². The van der Waals surface area contributed by atoms with E-state index in [0.29, 0.717) is 11.3 Å². The van der Waals surface area contributed by atoms with Gasteiger partial charge in [0.15, 0.2) is 10.8 Å². The molecule has 1 amide bonds. The minimum atomic E-state index is -1.13. The van der Waals surface area contributed by atoms with Crippen molar-refractivity contribution in [3.8, 4) is 0 Å². The average molecular weight is 368 g/mol. The maximum atomic E-state index is 11.9. The van der Waals surface area contributed by atoms with E-state index in [1.807, 2.05) is 60.7 Å². The molecule has 3 rings (SSSR count). The van der Waals surface area contributed by atoms with Crippen molar-refractivity contribution in [2.75, 3.05) is 5.32 Å². The first-order valence-electron chi connectivity index (χ1n) is 7.86. The Balaban J connectivity index is 1.67. The Labute approximate surface area is 154 Å². The Bertz CT molecular complexity index is 894. The number of hydrogen-bond acceptors (Lipinski definition) is 5. The van der Waals surface area contributed by atoms with Gasteiger partial charge in [0.1, 0.15) is 6.61 Å². The molecule has 132 valence electrons. The fraction of sp³-hybridized carbons (Fsp3) is 0.105. The monoisotopic (exact) mass is 368 g/mol. The molecular weight excluding hydrogens is 352 g/mol. The minimum absolute atomic E-state index is 0.0581. The molecule has 2 aromatic carbocycles. The first kappa shape index (κ1) is 17.6. The summed E-state index contributed by atoms with van der Waals surface area (Å²) < 4.78 is 5.13. The largest absolute Gasteiger partial charge is 0.476 e. The molecule has 0 fully saturated rings. The van der Waals surface area contributed by atoms with Crippen LogP contribution in [0.1, 0.15) is 26.5 Å². The number of carboxylic acids is 1. The second-order valence-corrected chi connectivity index (χ2v) is 6.53. The summed E-state index contributed by atoms with van der Waals surface area (Å²) in [6.45, 7) is 0.126. The third-order valence-electron chi connectivity index (χ3n) is 3.53. The van der Waals surface area contributed by atoms with E-state index in [2.05, 4.69) is 10.3 Å². The Morgan fingerprint density at radius 3 is 2.23 bits per heavy atom. The fourth-order valence-corrected chi connectivity index (χ4v) is 3.29. The number of thiazole rings is 1. The Morgan fingerprint density at radius 2 is 1.62 bits per heavy atom. The van der Waals surface area contributed by atoms with Crippen LogP contribution in [0, 0.1) is 0 Å². The van der Waals surface area contributed by atoms with Gasteiger partial charge in [-0.15, -0.1) is 11.3 Å². The van der Waals surface area contributed by atoms with Crippen LogP contribution in [0.15, 0.2) is 60.7 Å². The molecule has 0 bridgehead atoms. The van der Waals surface area contributed by atoms with Gasteiger partial charge in [-0.05, 0) is 11.1 Å². The predicted octanol–water partition coefficient (Wildman–Crippen LogP) is 4.18. The number of carboxylic acid groups (broad SMARTS) is 1. The molecule has 2 N–H and O–H groups in total. The number of benzene rings is 2. The van der Waals surface area contributed by atoms with E-state index in [4.69, 9.17) is 4.74 Å². The Morgan fingerprint density at radius 1 is 1.00 bits per heavy atom. The third-order valence-corrected chi connectivity index (χ3v) is 4.50. The summed E-state index contributed by atoms with van der Waals surface area (Å²) in [4.78, 5) is 27.9. The molecule has 7 heteroatoms. The number of rotatable bonds is 6. The summed E-state index contributed by atoms with van der Waals surface area (Å²) in [5.74, 6) is -1.13. The summed E-state index contributed by atoms with van der Waals surface area (Å²) in [6, 6.07) is 18.8. The second-order valence-electron chi connectivity index (χ2n) is 5.45. The Kier molecular flexibility index (Phi) is 5.60. The second kappa shape index (κ2) is 8.26.